The van der Waals surface area contributed by atoms with Crippen LogP contribution >= 0.6 is 24.0 Å². The molecule has 0 aliphatic carbocycles. The number of rotatable bonds is 4. The zero-order valence-corrected chi connectivity index (χ0v) is 15.0. The third kappa shape index (κ3) is 6.81. The van der Waals surface area contributed by atoms with Gasteiger partial charge in [0.2, 0.25) is 5.91 Å². The minimum absolute atomic E-state index is 0. The molecule has 1 amide bonds. The van der Waals surface area contributed by atoms with Crippen molar-refractivity contribution < 1.29 is 22.7 Å². The lowest BCUT2D eigenvalue weighted by atomic mass is 10.3. The number of benzene rings is 1. The molecule has 2 rings (SSSR count). The van der Waals surface area contributed by atoms with Crippen molar-refractivity contribution in [1.29, 1.82) is 0 Å². The number of hydrogen-bond acceptors (Lipinski definition) is 3. The molecule has 1 aliphatic heterocycles. The highest BCUT2D eigenvalue weighted by Gasteiger charge is 2.31. The van der Waals surface area contributed by atoms with Crippen LogP contribution in [0.2, 0.25) is 0 Å². The maximum absolute atomic E-state index is 12.2. The van der Waals surface area contributed by atoms with E-state index in [4.69, 9.17) is 5.73 Å². The van der Waals surface area contributed by atoms with Gasteiger partial charge in [-0.15, -0.1) is 37.1 Å². The van der Waals surface area contributed by atoms with Gasteiger partial charge in [0, 0.05) is 24.8 Å². The Bertz CT molecular complexity index is 590. The van der Waals surface area contributed by atoms with Crippen molar-refractivity contribution >= 4 is 41.5 Å². The van der Waals surface area contributed by atoms with Crippen molar-refractivity contribution in [3.05, 3.63) is 24.3 Å². The van der Waals surface area contributed by atoms with E-state index < -0.39 is 6.36 Å². The third-order valence-electron chi connectivity index (χ3n) is 3.18. The van der Waals surface area contributed by atoms with Crippen molar-refractivity contribution in [2.75, 3.05) is 25.0 Å². The molecule has 0 spiro atoms. The summed E-state index contributed by atoms with van der Waals surface area (Å²) in [7, 11) is 0. The Hall–Kier alpha value is -1.72. The van der Waals surface area contributed by atoms with E-state index in [1.807, 2.05) is 0 Å². The molecule has 0 aromatic heterocycles. The van der Waals surface area contributed by atoms with Gasteiger partial charge < -0.3 is 20.7 Å². The first kappa shape index (κ1) is 20.3. The Kier molecular flexibility index (Phi) is 7.58. The van der Waals surface area contributed by atoms with E-state index >= 15 is 0 Å². The summed E-state index contributed by atoms with van der Waals surface area (Å²) in [6.45, 7) is 1.34. The van der Waals surface area contributed by atoms with Crippen molar-refractivity contribution in [2.24, 2.45) is 10.7 Å². The van der Waals surface area contributed by atoms with E-state index in [9.17, 15) is 18.0 Å². The van der Waals surface area contributed by atoms with Gasteiger partial charge in [-0.3, -0.25) is 4.79 Å². The lowest BCUT2D eigenvalue weighted by Gasteiger charge is -2.14. The number of alkyl halides is 3. The summed E-state index contributed by atoms with van der Waals surface area (Å²) >= 11 is 0. The van der Waals surface area contributed by atoms with Crippen molar-refractivity contribution in [1.82, 2.24) is 4.90 Å². The number of hydrogen-bond donors (Lipinski definition) is 2. The smallest absolute Gasteiger partial charge is 0.406 e. The molecule has 1 fully saturated rings. The maximum atomic E-state index is 12.2. The van der Waals surface area contributed by atoms with Gasteiger partial charge in [-0.1, -0.05) is 6.07 Å². The van der Waals surface area contributed by atoms with Crippen LogP contribution in [-0.4, -0.2) is 42.8 Å². The Balaban J connectivity index is 0.00000288. The number of nitrogens with zero attached hydrogens (tertiary/aromatic N) is 2. The minimum Gasteiger partial charge on any atom is -0.406 e. The minimum atomic E-state index is -4.76. The summed E-state index contributed by atoms with van der Waals surface area (Å²) < 4.78 is 40.3. The van der Waals surface area contributed by atoms with Crippen LogP contribution in [0.1, 0.15) is 12.8 Å². The molecule has 134 valence electrons. The standard InChI is InChI=1S/C14H17F3N4O2.HI/c15-14(16,17)23-11-5-3-4-10(8-11)20-13(18)19-9-12(22)21-6-1-2-7-21;/h3-5,8H,1-2,6-7,9H2,(H3,18,19,20);1H. The van der Waals surface area contributed by atoms with Crippen LogP contribution in [0.4, 0.5) is 18.9 Å². The van der Waals surface area contributed by atoms with E-state index in [1.165, 1.54) is 18.2 Å². The summed E-state index contributed by atoms with van der Waals surface area (Å²) in [5.41, 5.74) is 5.91. The van der Waals surface area contributed by atoms with Crippen LogP contribution in [0.25, 0.3) is 0 Å². The molecule has 1 aromatic carbocycles. The summed E-state index contributed by atoms with van der Waals surface area (Å²) in [6, 6.07) is 5.20. The van der Waals surface area contributed by atoms with Gasteiger partial charge in [0.15, 0.2) is 5.96 Å². The average Bonchev–Trinajstić information content (AvgIpc) is 2.97. The maximum Gasteiger partial charge on any atom is 0.573 e. The van der Waals surface area contributed by atoms with Gasteiger partial charge in [-0.2, -0.15) is 0 Å². The number of anilines is 1. The zero-order chi connectivity index (χ0) is 16.9. The normalized spacial score (nSPS) is 15.0. The lowest BCUT2D eigenvalue weighted by molar-refractivity contribution is -0.274. The van der Waals surface area contributed by atoms with Gasteiger partial charge in [0.05, 0.1) is 0 Å². The van der Waals surface area contributed by atoms with Crippen LogP contribution in [0.5, 0.6) is 5.75 Å². The number of aliphatic imine (C=N–C) groups is 1. The predicted octanol–water partition coefficient (Wildman–Crippen LogP) is 2.55. The first-order valence-corrected chi connectivity index (χ1v) is 7.04. The number of carbonyl (C=O) groups is 1. The molecule has 10 heteroatoms. The monoisotopic (exact) mass is 458 g/mol. The van der Waals surface area contributed by atoms with E-state index in [2.05, 4.69) is 15.0 Å². The Morgan fingerprint density at radius 1 is 1.33 bits per heavy atom. The summed E-state index contributed by atoms with van der Waals surface area (Å²) in [5.74, 6) is -0.549. The third-order valence-corrected chi connectivity index (χ3v) is 3.18. The number of ether oxygens (including phenoxy) is 1. The van der Waals surface area contributed by atoms with E-state index in [0.717, 1.165) is 32.0 Å². The second-order valence-corrected chi connectivity index (χ2v) is 4.99. The molecule has 0 radical (unpaired) electrons. The molecular formula is C14H18F3IN4O2. The fourth-order valence-electron chi connectivity index (χ4n) is 2.18. The van der Waals surface area contributed by atoms with Crippen LogP contribution in [0, 0.1) is 0 Å². The number of carbonyl (C=O) groups excluding carboxylic acids is 1. The van der Waals surface area contributed by atoms with Crippen LogP contribution in [0.15, 0.2) is 29.3 Å². The average molecular weight is 458 g/mol. The van der Waals surface area contributed by atoms with Gasteiger partial charge >= 0.3 is 6.36 Å². The van der Waals surface area contributed by atoms with Crippen molar-refractivity contribution in [3.8, 4) is 5.75 Å². The summed E-state index contributed by atoms with van der Waals surface area (Å²) in [5, 5.41) is 2.62. The van der Waals surface area contributed by atoms with E-state index in [-0.39, 0.29) is 53.8 Å². The number of likely N-dealkylation sites (tertiary alicyclic amines) is 1. The Labute approximate surface area is 154 Å². The van der Waals surface area contributed by atoms with E-state index in [1.54, 1.807) is 4.90 Å². The Morgan fingerprint density at radius 2 is 2.00 bits per heavy atom. The van der Waals surface area contributed by atoms with Crippen molar-refractivity contribution in [3.63, 3.8) is 0 Å². The molecular weight excluding hydrogens is 440 g/mol. The number of guanidine groups is 1. The van der Waals surface area contributed by atoms with Crippen LogP contribution < -0.4 is 15.8 Å². The second kappa shape index (κ2) is 8.94. The lowest BCUT2D eigenvalue weighted by Crippen LogP contribution is -2.31. The fraction of sp³-hybridized carbons (Fsp3) is 0.429. The SMILES string of the molecule is I.NC(=NCC(=O)N1CCCC1)Nc1cccc(OC(F)(F)F)c1. The Morgan fingerprint density at radius 3 is 2.62 bits per heavy atom. The molecule has 1 heterocycles. The number of nitrogens with two attached hydrogens (primary N) is 1. The van der Waals surface area contributed by atoms with Gasteiger partial charge in [0.25, 0.3) is 0 Å². The topological polar surface area (TPSA) is 80.0 Å². The molecule has 24 heavy (non-hydrogen) atoms. The van der Waals surface area contributed by atoms with Gasteiger partial charge in [-0.05, 0) is 25.0 Å². The molecule has 0 bridgehead atoms. The van der Waals surface area contributed by atoms with Gasteiger partial charge in [0.1, 0.15) is 12.3 Å². The first-order chi connectivity index (χ1) is 10.8. The zero-order valence-electron chi connectivity index (χ0n) is 12.7. The number of halogens is 4. The molecule has 1 saturated heterocycles. The molecule has 3 N–H and O–H groups in total. The largest absolute Gasteiger partial charge is 0.573 e. The molecule has 0 saturated carbocycles. The molecule has 1 aliphatic rings. The number of nitrogens with one attached hydrogen (secondary N) is 1. The summed E-state index contributed by atoms with van der Waals surface area (Å²) in [4.78, 5) is 17.4. The molecule has 6 nitrogen and oxygen atoms in total. The molecule has 1 aromatic rings. The highest BCUT2D eigenvalue weighted by Crippen LogP contribution is 2.24. The second-order valence-electron chi connectivity index (χ2n) is 4.99. The first-order valence-electron chi connectivity index (χ1n) is 7.04. The van der Waals surface area contributed by atoms with E-state index in [0.29, 0.717) is 0 Å². The highest BCUT2D eigenvalue weighted by atomic mass is 127. The van der Waals surface area contributed by atoms with Crippen LogP contribution in [-0.2, 0) is 4.79 Å². The fourth-order valence-corrected chi connectivity index (χ4v) is 2.18. The van der Waals surface area contributed by atoms with Crippen LogP contribution in [0.3, 0.4) is 0 Å². The van der Waals surface area contributed by atoms with Gasteiger partial charge in [-0.25, -0.2) is 4.99 Å². The quantitative estimate of drug-likeness (QED) is 0.413. The molecule has 0 atom stereocenters. The van der Waals surface area contributed by atoms with Crippen molar-refractivity contribution in [2.45, 2.75) is 19.2 Å². The summed E-state index contributed by atoms with van der Waals surface area (Å²) in [6.07, 6.45) is -2.80. The predicted molar refractivity (Wildman–Crippen MR) is 94.5 cm³/mol. The molecule has 0 unspecified atom stereocenters. The highest BCUT2D eigenvalue weighted by molar-refractivity contribution is 14.0. The number of amides is 1.